The Balaban J connectivity index is 2.24. The van der Waals surface area contributed by atoms with Gasteiger partial charge >= 0.3 is 12.2 Å². The second kappa shape index (κ2) is 5.38. The summed E-state index contributed by atoms with van der Waals surface area (Å²) in [6.45, 7) is 1.64. The summed E-state index contributed by atoms with van der Waals surface area (Å²) in [7, 11) is 0. The lowest BCUT2D eigenvalue weighted by molar-refractivity contribution is -0.184. The number of amides is 2. The molecular weight excluding hydrogens is 225 g/mol. The number of halogens is 3. The lowest BCUT2D eigenvalue weighted by Crippen LogP contribution is -2.45. The molecule has 1 aliphatic rings. The van der Waals surface area contributed by atoms with E-state index in [9.17, 15) is 18.0 Å². The van der Waals surface area contributed by atoms with Gasteiger partial charge in [0.25, 0.3) is 0 Å². The topological polar surface area (TPSA) is 41.6 Å². The summed E-state index contributed by atoms with van der Waals surface area (Å²) in [4.78, 5) is 16.9. The minimum Gasteiger partial charge on any atom is -0.323 e. The molecule has 1 N–H and O–H groups in total. The third kappa shape index (κ3) is 4.69. The summed E-state index contributed by atoms with van der Waals surface area (Å²) in [5.41, 5.74) is 1.80. The molecule has 0 aliphatic carbocycles. The van der Waals surface area contributed by atoms with Crippen molar-refractivity contribution < 1.29 is 22.8 Å². The first-order chi connectivity index (χ1) is 7.38. The maximum atomic E-state index is 11.7. The van der Waals surface area contributed by atoms with Gasteiger partial charge in [-0.3, -0.25) is 4.84 Å². The highest BCUT2D eigenvalue weighted by atomic mass is 19.4. The highest BCUT2D eigenvalue weighted by Gasteiger charge is 2.29. The van der Waals surface area contributed by atoms with Crippen LogP contribution in [0.2, 0.25) is 0 Å². The Bertz CT molecular complexity index is 245. The first-order valence-corrected chi connectivity index (χ1v) is 5.12. The van der Waals surface area contributed by atoms with Gasteiger partial charge < -0.3 is 4.90 Å². The number of nitrogens with one attached hydrogen (secondary N) is 1. The Kier molecular flexibility index (Phi) is 4.40. The van der Waals surface area contributed by atoms with Crippen LogP contribution in [-0.4, -0.2) is 36.8 Å². The van der Waals surface area contributed by atoms with Crippen molar-refractivity contribution in [2.24, 2.45) is 5.92 Å². The van der Waals surface area contributed by atoms with E-state index in [-0.39, 0.29) is 0 Å². The molecule has 4 nitrogen and oxygen atoms in total. The Morgan fingerprint density at radius 2 is 2.25 bits per heavy atom. The van der Waals surface area contributed by atoms with Crippen LogP contribution >= 0.6 is 0 Å². The normalized spacial score (nSPS) is 22.0. The molecule has 1 atom stereocenters. The van der Waals surface area contributed by atoms with Gasteiger partial charge in [-0.15, -0.1) is 0 Å². The Hall–Kier alpha value is -0.980. The fourth-order valence-corrected chi connectivity index (χ4v) is 1.62. The molecule has 1 fully saturated rings. The molecule has 0 aromatic carbocycles. The van der Waals surface area contributed by atoms with Crippen LogP contribution in [0.3, 0.4) is 0 Å². The number of nitrogens with zero attached hydrogens (tertiary/aromatic N) is 1. The average molecular weight is 240 g/mol. The average Bonchev–Trinajstić information content (AvgIpc) is 2.15. The number of likely N-dealkylation sites (tertiary alicyclic amines) is 1. The van der Waals surface area contributed by atoms with E-state index in [4.69, 9.17) is 0 Å². The number of hydrogen-bond donors (Lipinski definition) is 1. The summed E-state index contributed by atoms with van der Waals surface area (Å²) in [6.07, 6.45) is -2.52. The second-order valence-corrected chi connectivity index (χ2v) is 4.00. The van der Waals surface area contributed by atoms with E-state index in [2.05, 4.69) is 4.84 Å². The largest absolute Gasteiger partial charge is 0.414 e. The van der Waals surface area contributed by atoms with Gasteiger partial charge in [-0.05, 0) is 18.8 Å². The van der Waals surface area contributed by atoms with Crippen molar-refractivity contribution in [3.63, 3.8) is 0 Å². The van der Waals surface area contributed by atoms with E-state index in [0.717, 1.165) is 12.8 Å². The zero-order valence-electron chi connectivity index (χ0n) is 9.01. The summed E-state index contributed by atoms with van der Waals surface area (Å²) in [5.74, 6) is 0.377. The zero-order chi connectivity index (χ0) is 12.2. The second-order valence-electron chi connectivity index (χ2n) is 4.00. The number of hydroxylamine groups is 1. The van der Waals surface area contributed by atoms with E-state index in [1.165, 1.54) is 4.90 Å². The van der Waals surface area contributed by atoms with Crippen molar-refractivity contribution in [2.75, 3.05) is 19.7 Å². The lowest BCUT2D eigenvalue weighted by atomic mass is 10.0. The van der Waals surface area contributed by atoms with Crippen molar-refractivity contribution in [1.82, 2.24) is 10.4 Å². The molecule has 0 aromatic rings. The molecule has 0 bridgehead atoms. The van der Waals surface area contributed by atoms with Gasteiger partial charge in [-0.2, -0.15) is 13.2 Å². The summed E-state index contributed by atoms with van der Waals surface area (Å²) >= 11 is 0. The van der Waals surface area contributed by atoms with E-state index < -0.39 is 18.8 Å². The van der Waals surface area contributed by atoms with Gasteiger partial charge in [0, 0.05) is 13.1 Å². The van der Waals surface area contributed by atoms with Crippen LogP contribution in [0.1, 0.15) is 19.8 Å². The fraction of sp³-hybridized carbons (Fsp3) is 0.889. The predicted molar refractivity (Wildman–Crippen MR) is 50.5 cm³/mol. The molecule has 1 saturated heterocycles. The molecule has 0 radical (unpaired) electrons. The fourth-order valence-electron chi connectivity index (χ4n) is 1.62. The van der Waals surface area contributed by atoms with Crippen molar-refractivity contribution in [3.05, 3.63) is 0 Å². The van der Waals surface area contributed by atoms with E-state index in [0.29, 0.717) is 19.0 Å². The minimum atomic E-state index is -4.43. The van der Waals surface area contributed by atoms with Gasteiger partial charge in [-0.25, -0.2) is 10.3 Å². The Morgan fingerprint density at radius 1 is 1.56 bits per heavy atom. The number of carbonyl (C=O) groups is 1. The molecule has 0 aromatic heterocycles. The van der Waals surface area contributed by atoms with Gasteiger partial charge in [-0.1, -0.05) is 6.92 Å². The molecule has 2 amide bonds. The smallest absolute Gasteiger partial charge is 0.323 e. The third-order valence-electron chi connectivity index (χ3n) is 2.34. The van der Waals surface area contributed by atoms with Gasteiger partial charge in [0.15, 0.2) is 6.61 Å². The molecular formula is C9H15F3N2O2. The molecule has 1 aliphatic heterocycles. The predicted octanol–water partition coefficient (Wildman–Crippen LogP) is 1.92. The third-order valence-corrected chi connectivity index (χ3v) is 2.34. The number of carbonyl (C=O) groups excluding carboxylic acids is 1. The van der Waals surface area contributed by atoms with E-state index in [1.807, 2.05) is 6.92 Å². The highest BCUT2D eigenvalue weighted by Crippen LogP contribution is 2.16. The number of alkyl halides is 3. The van der Waals surface area contributed by atoms with E-state index in [1.54, 1.807) is 5.48 Å². The zero-order valence-corrected chi connectivity index (χ0v) is 9.01. The quantitative estimate of drug-likeness (QED) is 0.749. The van der Waals surface area contributed by atoms with Crippen LogP contribution in [0.4, 0.5) is 18.0 Å². The van der Waals surface area contributed by atoms with Gasteiger partial charge in [0.1, 0.15) is 0 Å². The molecule has 16 heavy (non-hydrogen) atoms. The SMILES string of the molecule is CC1CCCN(C(=O)NOCC(F)(F)F)C1. The highest BCUT2D eigenvalue weighted by molar-refractivity contribution is 5.73. The number of piperidine rings is 1. The molecule has 1 heterocycles. The van der Waals surface area contributed by atoms with Gasteiger partial charge in [0.05, 0.1) is 0 Å². The van der Waals surface area contributed by atoms with E-state index >= 15 is 0 Å². The maximum absolute atomic E-state index is 11.7. The van der Waals surface area contributed by atoms with Crippen LogP contribution < -0.4 is 5.48 Å². The van der Waals surface area contributed by atoms with Crippen LogP contribution in [0.5, 0.6) is 0 Å². The van der Waals surface area contributed by atoms with Crippen molar-refractivity contribution >= 4 is 6.03 Å². The molecule has 7 heteroatoms. The van der Waals surface area contributed by atoms with Crippen LogP contribution in [-0.2, 0) is 4.84 Å². The van der Waals surface area contributed by atoms with Crippen LogP contribution in [0.25, 0.3) is 0 Å². The number of rotatable bonds is 2. The monoisotopic (exact) mass is 240 g/mol. The molecule has 1 rings (SSSR count). The summed E-state index contributed by atoms with van der Waals surface area (Å²) in [6, 6.07) is -0.601. The van der Waals surface area contributed by atoms with Crippen molar-refractivity contribution in [2.45, 2.75) is 25.9 Å². The summed E-state index contributed by atoms with van der Waals surface area (Å²) < 4.78 is 35.2. The Labute approximate surface area is 91.7 Å². The van der Waals surface area contributed by atoms with Crippen molar-refractivity contribution in [1.29, 1.82) is 0 Å². The number of hydrogen-bond acceptors (Lipinski definition) is 2. The maximum Gasteiger partial charge on any atom is 0.414 e. The minimum absolute atomic E-state index is 0.377. The first kappa shape index (κ1) is 13.1. The van der Waals surface area contributed by atoms with Crippen LogP contribution in [0.15, 0.2) is 0 Å². The van der Waals surface area contributed by atoms with Crippen molar-refractivity contribution in [3.8, 4) is 0 Å². The first-order valence-electron chi connectivity index (χ1n) is 5.12. The summed E-state index contributed by atoms with van der Waals surface area (Å²) in [5, 5.41) is 0. The molecule has 94 valence electrons. The molecule has 0 saturated carbocycles. The standard InChI is InChI=1S/C9H15F3N2O2/c1-7-3-2-4-14(5-7)8(15)13-16-6-9(10,11)12/h7H,2-6H2,1H3,(H,13,15). The Morgan fingerprint density at radius 3 is 2.81 bits per heavy atom. The van der Waals surface area contributed by atoms with Crippen LogP contribution in [0, 0.1) is 5.92 Å². The lowest BCUT2D eigenvalue weighted by Gasteiger charge is -2.30. The molecule has 0 spiro atoms. The number of urea groups is 1. The van der Waals surface area contributed by atoms with Gasteiger partial charge in [0.2, 0.25) is 0 Å². The molecule has 1 unspecified atom stereocenters.